The van der Waals surface area contributed by atoms with Gasteiger partial charge in [0.15, 0.2) is 0 Å². The van der Waals surface area contributed by atoms with Crippen LogP contribution in [0, 0.1) is 5.41 Å². The van der Waals surface area contributed by atoms with Gasteiger partial charge >= 0.3 is 6.09 Å². The van der Waals surface area contributed by atoms with E-state index in [0.29, 0.717) is 23.1 Å². The summed E-state index contributed by atoms with van der Waals surface area (Å²) in [5.74, 6) is 0. The molecular weight excluding hydrogens is 349 g/mol. The third kappa shape index (κ3) is 3.12. The number of carbonyl (C=O) groups is 1. The third-order valence-corrected chi connectivity index (χ3v) is 5.70. The summed E-state index contributed by atoms with van der Waals surface area (Å²) in [6, 6.07) is 5.64. The molecule has 6 heteroatoms. The molecule has 3 aliphatic rings. The molecule has 1 N–H and O–H groups in total. The molecule has 1 aliphatic carbocycles. The lowest BCUT2D eigenvalue weighted by Gasteiger charge is -2.63. The average Bonchev–Trinajstić information content (AvgIpc) is 2.47. The van der Waals surface area contributed by atoms with Gasteiger partial charge in [-0.2, -0.15) is 0 Å². The second-order valence-electron chi connectivity index (χ2n) is 8.26. The SMILES string of the molecule is CC(C)(C)OC(=O)N1CC2(CO)CC(c3ccc(Cl)c(Cl)c3)(C1)C2. The molecule has 0 spiro atoms. The summed E-state index contributed by atoms with van der Waals surface area (Å²) in [7, 11) is 0. The predicted octanol–water partition coefficient (Wildman–Crippen LogP) is 4.25. The van der Waals surface area contributed by atoms with E-state index in [1.807, 2.05) is 32.9 Å². The van der Waals surface area contributed by atoms with E-state index < -0.39 is 5.60 Å². The number of rotatable bonds is 2. The summed E-state index contributed by atoms with van der Waals surface area (Å²) in [6.07, 6.45) is 1.35. The molecule has 1 amide bonds. The van der Waals surface area contributed by atoms with Crippen LogP contribution in [0.2, 0.25) is 10.0 Å². The number of hydrogen-bond donors (Lipinski definition) is 1. The van der Waals surface area contributed by atoms with Crippen molar-refractivity contribution >= 4 is 29.3 Å². The maximum absolute atomic E-state index is 12.5. The van der Waals surface area contributed by atoms with Crippen LogP contribution in [0.4, 0.5) is 4.79 Å². The first-order chi connectivity index (χ1) is 11.1. The molecule has 0 atom stereocenters. The van der Waals surface area contributed by atoms with Crippen LogP contribution >= 0.6 is 23.2 Å². The van der Waals surface area contributed by atoms with Gasteiger partial charge in [0, 0.05) is 23.9 Å². The molecule has 2 heterocycles. The standard InChI is InChI=1S/C18H23Cl2NO3/c1-16(2,3)24-15(23)21-9-17(11-22)7-18(8-17,10-21)12-4-5-13(19)14(20)6-12/h4-6,22H,7-11H2,1-3H3. The molecule has 2 aliphatic heterocycles. The van der Waals surface area contributed by atoms with Crippen molar-refractivity contribution in [1.82, 2.24) is 4.90 Å². The monoisotopic (exact) mass is 371 g/mol. The minimum absolute atomic E-state index is 0.0649. The Morgan fingerprint density at radius 2 is 1.92 bits per heavy atom. The van der Waals surface area contributed by atoms with Crippen molar-refractivity contribution < 1.29 is 14.6 Å². The van der Waals surface area contributed by atoms with Crippen LogP contribution < -0.4 is 0 Å². The van der Waals surface area contributed by atoms with Crippen LogP contribution in [-0.2, 0) is 10.2 Å². The molecule has 132 valence electrons. The van der Waals surface area contributed by atoms with Crippen molar-refractivity contribution in [2.24, 2.45) is 5.41 Å². The first-order valence-corrected chi connectivity index (χ1v) is 8.88. The number of carbonyl (C=O) groups excluding carboxylic acids is 1. The maximum Gasteiger partial charge on any atom is 0.410 e. The van der Waals surface area contributed by atoms with E-state index in [2.05, 4.69) is 0 Å². The van der Waals surface area contributed by atoms with Gasteiger partial charge < -0.3 is 14.7 Å². The zero-order valence-corrected chi connectivity index (χ0v) is 15.7. The van der Waals surface area contributed by atoms with E-state index in [4.69, 9.17) is 27.9 Å². The predicted molar refractivity (Wildman–Crippen MR) is 94.7 cm³/mol. The topological polar surface area (TPSA) is 49.8 Å². The van der Waals surface area contributed by atoms with Crippen molar-refractivity contribution in [3.8, 4) is 0 Å². The molecule has 0 aromatic heterocycles. The van der Waals surface area contributed by atoms with Gasteiger partial charge in [-0.25, -0.2) is 4.79 Å². The summed E-state index contributed by atoms with van der Waals surface area (Å²) < 4.78 is 5.52. The maximum atomic E-state index is 12.5. The second-order valence-corrected chi connectivity index (χ2v) is 9.07. The largest absolute Gasteiger partial charge is 0.444 e. The highest BCUT2D eigenvalue weighted by molar-refractivity contribution is 6.42. The number of halogens is 2. The summed E-state index contributed by atoms with van der Waals surface area (Å²) in [5, 5.41) is 10.9. The Hall–Kier alpha value is -0.970. The van der Waals surface area contributed by atoms with Crippen LogP contribution in [0.5, 0.6) is 0 Å². The highest BCUT2D eigenvalue weighted by atomic mass is 35.5. The molecule has 0 radical (unpaired) electrons. The fourth-order valence-electron chi connectivity index (χ4n) is 4.17. The zero-order valence-electron chi connectivity index (χ0n) is 14.2. The van der Waals surface area contributed by atoms with Gasteiger partial charge in [0.2, 0.25) is 0 Å². The number of amides is 1. The van der Waals surface area contributed by atoms with Gasteiger partial charge in [-0.3, -0.25) is 0 Å². The van der Waals surface area contributed by atoms with Gasteiger partial charge in [-0.15, -0.1) is 0 Å². The van der Waals surface area contributed by atoms with Crippen LogP contribution in [0.15, 0.2) is 18.2 Å². The second kappa shape index (κ2) is 5.79. The van der Waals surface area contributed by atoms with Crippen molar-refractivity contribution in [3.63, 3.8) is 0 Å². The molecule has 1 aromatic rings. The molecule has 24 heavy (non-hydrogen) atoms. The van der Waals surface area contributed by atoms with E-state index in [-0.39, 0.29) is 23.5 Å². The quantitative estimate of drug-likeness (QED) is 0.844. The lowest BCUT2D eigenvalue weighted by Crippen LogP contribution is -2.67. The van der Waals surface area contributed by atoms with E-state index >= 15 is 0 Å². The number of aliphatic hydroxyl groups excluding tert-OH is 1. The lowest BCUT2D eigenvalue weighted by molar-refractivity contribution is -0.112. The minimum Gasteiger partial charge on any atom is -0.444 e. The van der Waals surface area contributed by atoms with E-state index in [1.165, 1.54) is 0 Å². The third-order valence-electron chi connectivity index (χ3n) is 4.97. The Bertz CT molecular complexity index is 663. The molecular formula is C18H23Cl2NO3. The van der Waals surface area contributed by atoms with Crippen LogP contribution in [0.25, 0.3) is 0 Å². The Kier molecular flexibility index (Phi) is 4.30. The number of hydrogen-bond acceptors (Lipinski definition) is 3. The molecule has 4 nitrogen and oxygen atoms in total. The lowest BCUT2D eigenvalue weighted by atomic mass is 9.48. The fraction of sp³-hybridized carbons (Fsp3) is 0.611. The van der Waals surface area contributed by atoms with Gasteiger partial charge in [0.25, 0.3) is 0 Å². The molecule has 0 unspecified atom stereocenters. The normalized spacial score (nSPS) is 29.2. The molecule has 3 fully saturated rings. The van der Waals surface area contributed by atoms with Gasteiger partial charge in [0.05, 0.1) is 16.7 Å². The number of fused-ring (bicyclic) bond motifs is 2. The average molecular weight is 372 g/mol. The van der Waals surface area contributed by atoms with Crippen molar-refractivity contribution in [1.29, 1.82) is 0 Å². The van der Waals surface area contributed by atoms with Crippen molar-refractivity contribution in [2.45, 2.75) is 44.6 Å². The van der Waals surface area contributed by atoms with Crippen molar-refractivity contribution in [2.75, 3.05) is 19.7 Å². The minimum atomic E-state index is -0.540. The Morgan fingerprint density at radius 1 is 1.25 bits per heavy atom. The molecule has 1 saturated carbocycles. The first kappa shape index (κ1) is 17.8. The zero-order chi connectivity index (χ0) is 17.8. The van der Waals surface area contributed by atoms with Crippen LogP contribution in [0.1, 0.15) is 39.2 Å². The number of piperidine rings is 2. The van der Waals surface area contributed by atoms with Crippen LogP contribution in [-0.4, -0.2) is 41.4 Å². The summed E-state index contributed by atoms with van der Waals surface area (Å²) in [4.78, 5) is 14.2. The highest BCUT2D eigenvalue weighted by Gasteiger charge is 2.61. The number of benzene rings is 1. The summed E-state index contributed by atoms with van der Waals surface area (Å²) >= 11 is 12.2. The molecule has 2 saturated heterocycles. The molecule has 2 bridgehead atoms. The molecule has 1 aromatic carbocycles. The van der Waals surface area contributed by atoms with Gasteiger partial charge in [-0.05, 0) is 51.3 Å². The highest BCUT2D eigenvalue weighted by Crippen LogP contribution is 2.60. The summed E-state index contributed by atoms with van der Waals surface area (Å²) in [5.41, 5.74) is 0.0871. The first-order valence-electron chi connectivity index (χ1n) is 8.13. The number of nitrogens with zero attached hydrogens (tertiary/aromatic N) is 1. The van der Waals surface area contributed by atoms with E-state index in [0.717, 1.165) is 18.4 Å². The Balaban J connectivity index is 1.87. The van der Waals surface area contributed by atoms with Gasteiger partial charge in [-0.1, -0.05) is 29.3 Å². The fourth-order valence-corrected chi connectivity index (χ4v) is 4.47. The van der Waals surface area contributed by atoms with Crippen molar-refractivity contribution in [3.05, 3.63) is 33.8 Å². The van der Waals surface area contributed by atoms with Crippen LogP contribution in [0.3, 0.4) is 0 Å². The van der Waals surface area contributed by atoms with Gasteiger partial charge in [0.1, 0.15) is 5.60 Å². The Morgan fingerprint density at radius 3 is 2.46 bits per heavy atom. The molecule has 4 rings (SSSR count). The summed E-state index contributed by atoms with van der Waals surface area (Å²) in [6.45, 7) is 6.73. The van der Waals surface area contributed by atoms with E-state index in [1.54, 1.807) is 11.0 Å². The number of ether oxygens (including phenoxy) is 1. The van der Waals surface area contributed by atoms with E-state index in [9.17, 15) is 9.90 Å². The Labute approximate surface area is 152 Å². The number of aliphatic hydroxyl groups is 1. The smallest absolute Gasteiger partial charge is 0.410 e.